The summed E-state index contributed by atoms with van der Waals surface area (Å²) in [6, 6.07) is 11.5. The first-order chi connectivity index (χ1) is 13.5. The average molecular weight is 409 g/mol. The van der Waals surface area contributed by atoms with Gasteiger partial charge in [-0.3, -0.25) is 0 Å². The third kappa shape index (κ3) is 2.65. The van der Waals surface area contributed by atoms with Gasteiger partial charge in [0.15, 0.2) is 17.1 Å². The van der Waals surface area contributed by atoms with Crippen molar-refractivity contribution in [3.05, 3.63) is 70.1 Å². The van der Waals surface area contributed by atoms with Gasteiger partial charge in [0.05, 0.1) is 22.3 Å². The predicted octanol–water partition coefficient (Wildman–Crippen LogP) is 5.05. The quantitative estimate of drug-likeness (QED) is 0.409. The molecule has 0 radical (unpaired) electrons. The Kier molecular flexibility index (Phi) is 3.86. The summed E-state index contributed by atoms with van der Waals surface area (Å²) in [4.78, 5) is 9.22. The fraction of sp³-hybridized carbons (Fsp3) is 0.100. The van der Waals surface area contributed by atoms with Crippen LogP contribution in [0.1, 0.15) is 11.1 Å². The normalized spacial score (nSPS) is 11.6. The van der Waals surface area contributed by atoms with E-state index < -0.39 is 0 Å². The van der Waals surface area contributed by atoms with Crippen molar-refractivity contribution in [2.75, 3.05) is 0 Å². The molecule has 2 aromatic carbocycles. The molecule has 8 heteroatoms. The van der Waals surface area contributed by atoms with E-state index in [2.05, 4.69) is 46.1 Å². The minimum Gasteiger partial charge on any atom is -0.216 e. The molecule has 0 aliphatic rings. The third-order valence-electron chi connectivity index (χ3n) is 4.81. The molecule has 28 heavy (non-hydrogen) atoms. The van der Waals surface area contributed by atoms with Crippen molar-refractivity contribution in [3.63, 3.8) is 0 Å². The fourth-order valence-electron chi connectivity index (χ4n) is 3.15. The number of fused-ring (bicyclic) bond motifs is 3. The van der Waals surface area contributed by atoms with Crippen LogP contribution in [-0.4, -0.2) is 29.4 Å². The zero-order valence-corrected chi connectivity index (χ0v) is 16.6. The molecule has 0 saturated heterocycles. The molecule has 3 aromatic heterocycles. The fourth-order valence-corrected chi connectivity index (χ4v) is 3.64. The molecule has 0 aliphatic heterocycles. The number of aryl methyl sites for hydroxylation is 2. The number of aromatic nitrogens is 6. The highest BCUT2D eigenvalue weighted by Gasteiger charge is 2.16. The SMILES string of the molecule is Cc1ccc(-n2ncc3c2ncn2nc(-c4ccc(Cl)cc4Cl)nc32)cc1C. The third-order valence-corrected chi connectivity index (χ3v) is 5.36. The Labute approximate surface area is 170 Å². The van der Waals surface area contributed by atoms with Gasteiger partial charge < -0.3 is 0 Å². The van der Waals surface area contributed by atoms with Crippen LogP contribution in [0.15, 0.2) is 48.9 Å². The Bertz CT molecular complexity index is 1370. The van der Waals surface area contributed by atoms with E-state index in [1.165, 1.54) is 11.1 Å². The highest BCUT2D eigenvalue weighted by Crippen LogP contribution is 2.29. The van der Waals surface area contributed by atoms with E-state index in [9.17, 15) is 0 Å². The molecule has 5 rings (SSSR count). The van der Waals surface area contributed by atoms with Crippen LogP contribution >= 0.6 is 23.2 Å². The van der Waals surface area contributed by atoms with Gasteiger partial charge in [0, 0.05) is 10.6 Å². The molecule has 0 N–H and O–H groups in total. The Balaban J connectivity index is 1.69. The summed E-state index contributed by atoms with van der Waals surface area (Å²) < 4.78 is 3.44. The summed E-state index contributed by atoms with van der Waals surface area (Å²) in [7, 11) is 0. The Morgan fingerprint density at radius 2 is 1.79 bits per heavy atom. The lowest BCUT2D eigenvalue weighted by Gasteiger charge is -2.06. The second-order valence-corrected chi connectivity index (χ2v) is 7.48. The minimum atomic E-state index is 0.499. The van der Waals surface area contributed by atoms with Crippen molar-refractivity contribution in [1.29, 1.82) is 0 Å². The molecule has 0 atom stereocenters. The molecule has 6 nitrogen and oxygen atoms in total. The van der Waals surface area contributed by atoms with Crippen LogP contribution in [-0.2, 0) is 0 Å². The highest BCUT2D eigenvalue weighted by atomic mass is 35.5. The molecule has 0 spiro atoms. The smallest absolute Gasteiger partial charge is 0.183 e. The number of nitrogens with zero attached hydrogens (tertiary/aromatic N) is 6. The number of hydrogen-bond donors (Lipinski definition) is 0. The van der Waals surface area contributed by atoms with E-state index in [0.29, 0.717) is 27.1 Å². The van der Waals surface area contributed by atoms with E-state index in [4.69, 9.17) is 23.2 Å². The van der Waals surface area contributed by atoms with Crippen LogP contribution < -0.4 is 0 Å². The van der Waals surface area contributed by atoms with Crippen molar-refractivity contribution in [1.82, 2.24) is 29.4 Å². The molecular formula is C20H14Cl2N6. The van der Waals surface area contributed by atoms with Gasteiger partial charge >= 0.3 is 0 Å². The van der Waals surface area contributed by atoms with Crippen LogP contribution in [0, 0.1) is 13.8 Å². The lowest BCUT2D eigenvalue weighted by Crippen LogP contribution is -1.99. The summed E-state index contributed by atoms with van der Waals surface area (Å²) >= 11 is 12.3. The largest absolute Gasteiger partial charge is 0.216 e. The number of halogens is 2. The molecule has 0 saturated carbocycles. The van der Waals surface area contributed by atoms with Crippen molar-refractivity contribution >= 4 is 39.9 Å². The molecule has 0 fully saturated rings. The molecule has 0 unspecified atom stereocenters. The summed E-state index contributed by atoms with van der Waals surface area (Å²) in [5.41, 5.74) is 5.49. The van der Waals surface area contributed by atoms with E-state index >= 15 is 0 Å². The molecular weight excluding hydrogens is 395 g/mol. The first-order valence-electron chi connectivity index (χ1n) is 8.63. The number of benzene rings is 2. The molecule has 3 heterocycles. The van der Waals surface area contributed by atoms with Gasteiger partial charge in [-0.05, 0) is 55.3 Å². The minimum absolute atomic E-state index is 0.499. The van der Waals surface area contributed by atoms with Crippen LogP contribution in [0.4, 0.5) is 0 Å². The second-order valence-electron chi connectivity index (χ2n) is 6.63. The zero-order valence-electron chi connectivity index (χ0n) is 15.1. The van der Waals surface area contributed by atoms with Crippen LogP contribution in [0.2, 0.25) is 10.0 Å². The van der Waals surface area contributed by atoms with Gasteiger partial charge in [0.25, 0.3) is 0 Å². The maximum absolute atomic E-state index is 6.32. The van der Waals surface area contributed by atoms with Gasteiger partial charge in [-0.15, -0.1) is 5.10 Å². The van der Waals surface area contributed by atoms with Gasteiger partial charge in [0.2, 0.25) is 0 Å². The molecule has 0 amide bonds. The summed E-state index contributed by atoms with van der Waals surface area (Å²) in [5.74, 6) is 0.509. The van der Waals surface area contributed by atoms with Crippen LogP contribution in [0.5, 0.6) is 0 Å². The maximum atomic E-state index is 6.32. The topological polar surface area (TPSA) is 60.9 Å². The number of rotatable bonds is 2. The van der Waals surface area contributed by atoms with Gasteiger partial charge in [-0.25, -0.2) is 19.2 Å². The zero-order chi connectivity index (χ0) is 19.4. The second kappa shape index (κ2) is 6.29. The van der Waals surface area contributed by atoms with E-state index in [1.807, 2.05) is 16.8 Å². The molecule has 5 aromatic rings. The Morgan fingerprint density at radius 1 is 0.929 bits per heavy atom. The van der Waals surface area contributed by atoms with Crippen molar-refractivity contribution in [2.45, 2.75) is 13.8 Å². The monoisotopic (exact) mass is 408 g/mol. The number of hydrogen-bond acceptors (Lipinski definition) is 4. The molecule has 0 aliphatic carbocycles. The summed E-state index contributed by atoms with van der Waals surface area (Å²) in [6.45, 7) is 4.17. The first kappa shape index (κ1) is 17.2. The lowest BCUT2D eigenvalue weighted by molar-refractivity contribution is 0.881. The van der Waals surface area contributed by atoms with Crippen LogP contribution in [0.25, 0.3) is 33.8 Å². The highest BCUT2D eigenvalue weighted by molar-refractivity contribution is 6.36. The van der Waals surface area contributed by atoms with Gasteiger partial charge in [0.1, 0.15) is 6.33 Å². The van der Waals surface area contributed by atoms with Crippen molar-refractivity contribution < 1.29 is 0 Å². The molecule has 138 valence electrons. The van der Waals surface area contributed by atoms with E-state index in [1.54, 1.807) is 29.2 Å². The van der Waals surface area contributed by atoms with Gasteiger partial charge in [-0.2, -0.15) is 5.10 Å². The van der Waals surface area contributed by atoms with Crippen molar-refractivity contribution in [3.8, 4) is 17.1 Å². The predicted molar refractivity (Wildman–Crippen MR) is 110 cm³/mol. The van der Waals surface area contributed by atoms with E-state index in [-0.39, 0.29) is 0 Å². The Hall–Kier alpha value is -2.96. The molecule has 0 bridgehead atoms. The average Bonchev–Trinajstić information content (AvgIpc) is 3.27. The van der Waals surface area contributed by atoms with E-state index in [0.717, 1.165) is 16.7 Å². The van der Waals surface area contributed by atoms with Gasteiger partial charge in [-0.1, -0.05) is 29.3 Å². The maximum Gasteiger partial charge on any atom is 0.183 e. The van der Waals surface area contributed by atoms with Crippen LogP contribution in [0.3, 0.4) is 0 Å². The first-order valence-corrected chi connectivity index (χ1v) is 9.39. The standard InChI is InChI=1S/C20H14Cl2N6/c1-11-3-5-14(7-12(11)2)28-19-16(9-24-28)20-25-18(26-27(20)10-23-19)15-6-4-13(21)8-17(15)22/h3-10H,1-2H3. The Morgan fingerprint density at radius 3 is 2.57 bits per heavy atom. The summed E-state index contributed by atoms with van der Waals surface area (Å²) in [5, 5.41) is 10.9. The summed E-state index contributed by atoms with van der Waals surface area (Å²) in [6.07, 6.45) is 3.39. The van der Waals surface area contributed by atoms with Crippen molar-refractivity contribution in [2.24, 2.45) is 0 Å². The lowest BCUT2D eigenvalue weighted by atomic mass is 10.1.